The van der Waals surface area contributed by atoms with Gasteiger partial charge in [-0.25, -0.2) is 0 Å². The zero-order valence-corrected chi connectivity index (χ0v) is 5.84. The van der Waals surface area contributed by atoms with Crippen LogP contribution in [0.2, 0.25) is 0 Å². The zero-order valence-electron chi connectivity index (χ0n) is 5.84. The van der Waals surface area contributed by atoms with Crippen LogP contribution in [0.5, 0.6) is 0 Å². The first-order valence-corrected chi connectivity index (χ1v) is 4.13. The molecule has 0 bridgehead atoms. The zero-order chi connectivity index (χ0) is 6.10. The van der Waals surface area contributed by atoms with Crippen LogP contribution in [0.15, 0.2) is 12.2 Å². The molecular formula is C9H14. The molecule has 2 aliphatic carbocycles. The topological polar surface area (TPSA) is 0 Å². The maximum atomic E-state index is 2.43. The van der Waals surface area contributed by atoms with Crippen LogP contribution in [-0.4, -0.2) is 0 Å². The monoisotopic (exact) mass is 122 g/mol. The van der Waals surface area contributed by atoms with E-state index in [1.165, 1.54) is 32.1 Å². The molecule has 0 saturated heterocycles. The van der Waals surface area contributed by atoms with Crippen molar-refractivity contribution in [1.82, 2.24) is 0 Å². The summed E-state index contributed by atoms with van der Waals surface area (Å²) in [4.78, 5) is 0. The van der Waals surface area contributed by atoms with Crippen molar-refractivity contribution in [2.75, 3.05) is 0 Å². The molecule has 0 spiro atoms. The molecule has 0 aliphatic heterocycles. The van der Waals surface area contributed by atoms with Crippen molar-refractivity contribution in [3.63, 3.8) is 0 Å². The van der Waals surface area contributed by atoms with Crippen LogP contribution in [0.3, 0.4) is 0 Å². The highest BCUT2D eigenvalue weighted by Crippen LogP contribution is 2.44. The second kappa shape index (κ2) is 2.17. The van der Waals surface area contributed by atoms with Gasteiger partial charge in [0.1, 0.15) is 0 Å². The van der Waals surface area contributed by atoms with E-state index in [9.17, 15) is 0 Å². The van der Waals surface area contributed by atoms with Crippen molar-refractivity contribution < 1.29 is 0 Å². The summed E-state index contributed by atoms with van der Waals surface area (Å²) in [6.07, 6.45) is 12.1. The van der Waals surface area contributed by atoms with Gasteiger partial charge in [-0.2, -0.15) is 0 Å². The molecule has 9 heavy (non-hydrogen) atoms. The Morgan fingerprint density at radius 2 is 2.22 bits per heavy atom. The van der Waals surface area contributed by atoms with E-state index in [-0.39, 0.29) is 0 Å². The summed E-state index contributed by atoms with van der Waals surface area (Å²) in [5.41, 5.74) is 0. The highest BCUT2D eigenvalue weighted by atomic mass is 14.4. The van der Waals surface area contributed by atoms with Crippen molar-refractivity contribution in [3.8, 4) is 0 Å². The lowest BCUT2D eigenvalue weighted by Crippen LogP contribution is -1.84. The Bertz CT molecular complexity index is 124. The van der Waals surface area contributed by atoms with E-state index < -0.39 is 0 Å². The Kier molecular flexibility index (Phi) is 1.33. The highest BCUT2D eigenvalue weighted by Gasteiger charge is 2.33. The van der Waals surface area contributed by atoms with Crippen LogP contribution in [0.1, 0.15) is 32.1 Å². The second-order valence-electron chi connectivity index (χ2n) is 3.37. The van der Waals surface area contributed by atoms with Gasteiger partial charge in [0.25, 0.3) is 0 Å². The molecule has 0 heterocycles. The highest BCUT2D eigenvalue weighted by molar-refractivity contribution is 5.02. The summed E-state index contributed by atoms with van der Waals surface area (Å²) in [7, 11) is 0. The van der Waals surface area contributed by atoms with Gasteiger partial charge in [-0.3, -0.25) is 0 Å². The Morgan fingerprint density at radius 1 is 1.22 bits per heavy atom. The molecule has 2 aliphatic rings. The molecule has 0 aromatic heterocycles. The number of allylic oxidation sites excluding steroid dienone is 2. The minimum atomic E-state index is 1.00. The van der Waals surface area contributed by atoms with Crippen LogP contribution in [0, 0.1) is 11.8 Å². The second-order valence-corrected chi connectivity index (χ2v) is 3.37. The number of hydrogen-bond acceptors (Lipinski definition) is 0. The molecule has 2 unspecified atom stereocenters. The molecular weight excluding hydrogens is 108 g/mol. The third kappa shape index (κ3) is 1.17. The molecule has 1 fully saturated rings. The lowest BCUT2D eigenvalue weighted by molar-refractivity contribution is 0.605. The third-order valence-corrected chi connectivity index (χ3v) is 2.56. The quantitative estimate of drug-likeness (QED) is 0.433. The molecule has 0 aromatic rings. The van der Waals surface area contributed by atoms with Crippen LogP contribution < -0.4 is 0 Å². The maximum absolute atomic E-state index is 2.43. The Hall–Kier alpha value is -0.260. The van der Waals surface area contributed by atoms with Gasteiger partial charge in [0, 0.05) is 0 Å². The van der Waals surface area contributed by atoms with Crippen molar-refractivity contribution in [1.29, 1.82) is 0 Å². The average molecular weight is 122 g/mol. The van der Waals surface area contributed by atoms with Crippen molar-refractivity contribution in [2.45, 2.75) is 32.1 Å². The van der Waals surface area contributed by atoms with Crippen LogP contribution in [0.25, 0.3) is 0 Å². The summed E-state index contributed by atoms with van der Waals surface area (Å²) >= 11 is 0. The number of fused-ring (bicyclic) bond motifs is 1. The average Bonchev–Trinajstić information content (AvgIpc) is 2.46. The minimum absolute atomic E-state index is 1.00. The van der Waals surface area contributed by atoms with Gasteiger partial charge in [0.15, 0.2) is 0 Å². The van der Waals surface area contributed by atoms with Gasteiger partial charge in [-0.15, -0.1) is 0 Å². The van der Waals surface area contributed by atoms with E-state index in [0.29, 0.717) is 0 Å². The molecule has 0 radical (unpaired) electrons. The van der Waals surface area contributed by atoms with E-state index in [2.05, 4.69) is 12.2 Å². The van der Waals surface area contributed by atoms with Crippen LogP contribution >= 0.6 is 0 Å². The molecule has 0 amide bonds. The van der Waals surface area contributed by atoms with Crippen LogP contribution in [-0.2, 0) is 0 Å². The van der Waals surface area contributed by atoms with E-state index in [4.69, 9.17) is 0 Å². The van der Waals surface area contributed by atoms with E-state index in [1.807, 2.05) is 0 Å². The van der Waals surface area contributed by atoms with E-state index >= 15 is 0 Å². The summed E-state index contributed by atoms with van der Waals surface area (Å²) in [6, 6.07) is 0. The van der Waals surface area contributed by atoms with E-state index in [1.54, 1.807) is 0 Å². The SMILES string of the molecule is C1=CC2CC2CCCC1. The first kappa shape index (κ1) is 5.52. The van der Waals surface area contributed by atoms with Gasteiger partial charge < -0.3 is 0 Å². The van der Waals surface area contributed by atoms with Crippen LogP contribution in [0.4, 0.5) is 0 Å². The lowest BCUT2D eigenvalue weighted by Gasteiger charge is -1.99. The predicted octanol–water partition coefficient (Wildman–Crippen LogP) is 2.75. The Morgan fingerprint density at radius 3 is 3.22 bits per heavy atom. The molecule has 0 N–H and O–H groups in total. The van der Waals surface area contributed by atoms with Crippen molar-refractivity contribution >= 4 is 0 Å². The van der Waals surface area contributed by atoms with Gasteiger partial charge >= 0.3 is 0 Å². The third-order valence-electron chi connectivity index (χ3n) is 2.56. The maximum Gasteiger partial charge on any atom is -0.0202 e. The molecule has 2 atom stereocenters. The molecule has 2 rings (SSSR count). The Balaban J connectivity index is 1.95. The molecule has 1 saturated carbocycles. The first-order valence-electron chi connectivity index (χ1n) is 4.13. The Labute approximate surface area is 57.0 Å². The van der Waals surface area contributed by atoms with Crippen molar-refractivity contribution in [3.05, 3.63) is 12.2 Å². The fraction of sp³-hybridized carbons (Fsp3) is 0.778. The fourth-order valence-electron chi connectivity index (χ4n) is 1.78. The van der Waals surface area contributed by atoms with Crippen molar-refractivity contribution in [2.24, 2.45) is 11.8 Å². The predicted molar refractivity (Wildman–Crippen MR) is 39.2 cm³/mol. The largest absolute Gasteiger partial charge is 0.0882 e. The standard InChI is InChI=1S/C9H14/c1-2-4-6-9-7-8(9)5-3-1/h3,5,8-9H,1-2,4,6-7H2. The minimum Gasteiger partial charge on any atom is -0.0882 e. The summed E-state index contributed by atoms with van der Waals surface area (Å²) in [5.74, 6) is 2.10. The van der Waals surface area contributed by atoms with Gasteiger partial charge in [-0.1, -0.05) is 18.6 Å². The normalized spacial score (nSPS) is 40.9. The lowest BCUT2D eigenvalue weighted by atomic mass is 10.1. The van der Waals surface area contributed by atoms with E-state index in [0.717, 1.165) is 11.8 Å². The molecule has 0 heteroatoms. The number of hydrogen-bond donors (Lipinski definition) is 0. The number of rotatable bonds is 0. The fourth-order valence-corrected chi connectivity index (χ4v) is 1.78. The molecule has 0 nitrogen and oxygen atoms in total. The molecule has 0 aromatic carbocycles. The van der Waals surface area contributed by atoms with Gasteiger partial charge in [-0.05, 0) is 37.5 Å². The van der Waals surface area contributed by atoms with Gasteiger partial charge in [0.2, 0.25) is 0 Å². The summed E-state index contributed by atoms with van der Waals surface area (Å²) in [6.45, 7) is 0. The van der Waals surface area contributed by atoms with Gasteiger partial charge in [0.05, 0.1) is 0 Å². The first-order chi connectivity index (χ1) is 4.47. The molecule has 50 valence electrons. The summed E-state index contributed by atoms with van der Waals surface area (Å²) in [5, 5.41) is 0. The smallest absolute Gasteiger partial charge is 0.0202 e. The summed E-state index contributed by atoms with van der Waals surface area (Å²) < 4.78 is 0.